The molecule has 4 rings (SSSR count). The molecule has 0 N–H and O–H groups in total. The number of anilines is 1. The second-order valence-electron chi connectivity index (χ2n) is 9.18. The summed E-state index contributed by atoms with van der Waals surface area (Å²) in [5.41, 5.74) is 1.14. The number of ketones is 1. The van der Waals surface area contributed by atoms with E-state index in [-0.39, 0.29) is 11.8 Å². The minimum absolute atomic E-state index is 0.145. The molecule has 148 valence electrons. The van der Waals surface area contributed by atoms with Crippen LogP contribution in [0.5, 0.6) is 0 Å². The van der Waals surface area contributed by atoms with E-state index in [4.69, 9.17) is 9.97 Å². The molecule has 6 heteroatoms. The zero-order valence-corrected chi connectivity index (χ0v) is 17.1. The van der Waals surface area contributed by atoms with Crippen molar-refractivity contribution >= 4 is 11.7 Å². The fourth-order valence-corrected chi connectivity index (χ4v) is 4.86. The fourth-order valence-electron chi connectivity index (χ4n) is 4.86. The third kappa shape index (κ3) is 3.74. The van der Waals surface area contributed by atoms with Crippen LogP contribution in [-0.4, -0.2) is 69.9 Å². The maximum absolute atomic E-state index is 12.0. The molecule has 0 saturated carbocycles. The summed E-state index contributed by atoms with van der Waals surface area (Å²) < 4.78 is 0. The third-order valence-corrected chi connectivity index (χ3v) is 6.50. The number of hydrogen-bond acceptors (Lipinski definition) is 6. The van der Waals surface area contributed by atoms with Crippen molar-refractivity contribution in [2.45, 2.75) is 65.2 Å². The number of hydrogen-bond donors (Lipinski definition) is 0. The lowest BCUT2D eigenvalue weighted by Crippen LogP contribution is -2.56. The Balaban J connectivity index is 1.33. The predicted octanol–water partition coefficient (Wildman–Crippen LogP) is 2.19. The van der Waals surface area contributed by atoms with E-state index in [1.807, 2.05) is 26.2 Å². The Morgan fingerprint density at radius 1 is 1.04 bits per heavy atom. The number of nitrogens with zero attached hydrogens (tertiary/aromatic N) is 5. The van der Waals surface area contributed by atoms with Crippen LogP contribution in [0.15, 0.2) is 12.4 Å². The molecule has 0 aliphatic carbocycles. The van der Waals surface area contributed by atoms with Gasteiger partial charge in [0.15, 0.2) is 0 Å². The van der Waals surface area contributed by atoms with Crippen LogP contribution in [0, 0.1) is 11.8 Å². The Morgan fingerprint density at radius 2 is 1.63 bits per heavy atom. The van der Waals surface area contributed by atoms with E-state index in [2.05, 4.69) is 28.5 Å². The Labute approximate surface area is 162 Å². The van der Waals surface area contributed by atoms with Crippen molar-refractivity contribution in [2.24, 2.45) is 11.8 Å². The number of fused-ring (bicyclic) bond motifs is 2. The number of piperazine rings is 1. The van der Waals surface area contributed by atoms with Gasteiger partial charge in [0, 0.05) is 80.6 Å². The van der Waals surface area contributed by atoms with Crippen LogP contribution in [-0.2, 0) is 11.3 Å². The monoisotopic (exact) mass is 371 g/mol. The molecule has 3 aliphatic rings. The predicted molar refractivity (Wildman–Crippen MR) is 107 cm³/mol. The quantitative estimate of drug-likeness (QED) is 0.764. The van der Waals surface area contributed by atoms with E-state index in [9.17, 15) is 4.79 Å². The number of likely N-dealkylation sites (tertiary alicyclic amines) is 2. The fraction of sp³-hybridized carbons (Fsp3) is 0.762. The van der Waals surface area contributed by atoms with Crippen LogP contribution >= 0.6 is 0 Å². The lowest BCUT2D eigenvalue weighted by molar-refractivity contribution is -0.131. The van der Waals surface area contributed by atoms with E-state index < -0.39 is 0 Å². The van der Waals surface area contributed by atoms with Crippen LogP contribution in [0.1, 0.15) is 46.1 Å². The summed E-state index contributed by atoms with van der Waals surface area (Å²) >= 11 is 0. The van der Waals surface area contributed by atoms with E-state index >= 15 is 0 Å². The lowest BCUT2D eigenvalue weighted by Gasteiger charge is -2.42. The highest BCUT2D eigenvalue weighted by Gasteiger charge is 2.41. The van der Waals surface area contributed by atoms with Crippen LogP contribution in [0.3, 0.4) is 0 Å². The minimum atomic E-state index is 0.145. The Kier molecular flexibility index (Phi) is 5.21. The first kappa shape index (κ1) is 18.8. The molecule has 1 aromatic heterocycles. The number of aromatic nitrogens is 2. The summed E-state index contributed by atoms with van der Waals surface area (Å²) in [4.78, 5) is 28.8. The molecule has 2 bridgehead atoms. The average molecular weight is 372 g/mol. The molecular formula is C21H33N5O. The van der Waals surface area contributed by atoms with Crippen LogP contribution < -0.4 is 4.90 Å². The van der Waals surface area contributed by atoms with Crippen molar-refractivity contribution in [3.8, 4) is 0 Å². The van der Waals surface area contributed by atoms with Crippen molar-refractivity contribution in [1.29, 1.82) is 0 Å². The first-order valence-corrected chi connectivity index (χ1v) is 10.5. The van der Waals surface area contributed by atoms with Gasteiger partial charge in [-0.3, -0.25) is 14.6 Å². The standard InChI is InChI=1S/C21H33N5O/c1-14(2)20(27)17-10-24(11-17)9-16-7-22-21(23-8-16)26-18-5-6-19(26)13-25(12-18)15(3)4/h7-8,14-15,17-19H,5-6,9-13H2,1-4H3. The molecule has 3 fully saturated rings. The summed E-state index contributed by atoms with van der Waals surface area (Å²) in [7, 11) is 0. The van der Waals surface area contributed by atoms with Gasteiger partial charge in [-0.25, -0.2) is 9.97 Å². The average Bonchev–Trinajstić information content (AvgIpc) is 2.86. The molecule has 2 unspecified atom stereocenters. The SMILES string of the molecule is CC(C)C(=O)C1CN(Cc2cnc(N3C4CCC3CN(C(C)C)C4)nc2)C1. The molecule has 4 heterocycles. The molecule has 0 amide bonds. The van der Waals surface area contributed by atoms with Crippen molar-refractivity contribution < 1.29 is 4.79 Å². The number of Topliss-reactive ketones (excluding diaryl/α,β-unsaturated/α-hetero) is 1. The Bertz CT molecular complexity index is 654. The van der Waals surface area contributed by atoms with Crippen molar-refractivity contribution in [3.05, 3.63) is 18.0 Å². The normalized spacial score (nSPS) is 26.8. The first-order valence-electron chi connectivity index (χ1n) is 10.5. The van der Waals surface area contributed by atoms with E-state index in [0.29, 0.717) is 23.9 Å². The largest absolute Gasteiger partial charge is 0.332 e. The van der Waals surface area contributed by atoms with E-state index in [0.717, 1.165) is 44.2 Å². The van der Waals surface area contributed by atoms with E-state index in [1.165, 1.54) is 12.8 Å². The summed E-state index contributed by atoms with van der Waals surface area (Å²) in [6, 6.07) is 1.71. The molecule has 1 aromatic rings. The molecular weight excluding hydrogens is 338 g/mol. The smallest absolute Gasteiger partial charge is 0.225 e. The maximum atomic E-state index is 12.0. The van der Waals surface area contributed by atoms with Crippen LogP contribution in [0.25, 0.3) is 0 Å². The van der Waals surface area contributed by atoms with Crippen molar-refractivity contribution in [2.75, 3.05) is 31.1 Å². The molecule has 3 aliphatic heterocycles. The molecule has 27 heavy (non-hydrogen) atoms. The Hall–Kier alpha value is -1.53. The van der Waals surface area contributed by atoms with Gasteiger partial charge in [-0.15, -0.1) is 0 Å². The second kappa shape index (κ2) is 7.47. The zero-order chi connectivity index (χ0) is 19.1. The summed E-state index contributed by atoms with van der Waals surface area (Å²) in [6.07, 6.45) is 6.46. The Morgan fingerprint density at radius 3 is 2.15 bits per heavy atom. The van der Waals surface area contributed by atoms with Gasteiger partial charge in [-0.05, 0) is 26.7 Å². The molecule has 6 nitrogen and oxygen atoms in total. The number of carbonyl (C=O) groups excluding carboxylic acids is 1. The van der Waals surface area contributed by atoms with Crippen LogP contribution in [0.2, 0.25) is 0 Å². The highest BCUT2D eigenvalue weighted by atomic mass is 16.1. The topological polar surface area (TPSA) is 52.6 Å². The van der Waals surface area contributed by atoms with Gasteiger partial charge < -0.3 is 4.90 Å². The second-order valence-corrected chi connectivity index (χ2v) is 9.18. The lowest BCUT2D eigenvalue weighted by atomic mass is 9.89. The van der Waals surface area contributed by atoms with Crippen molar-refractivity contribution in [3.63, 3.8) is 0 Å². The van der Waals surface area contributed by atoms with Gasteiger partial charge in [0.2, 0.25) is 5.95 Å². The third-order valence-electron chi connectivity index (χ3n) is 6.50. The zero-order valence-electron chi connectivity index (χ0n) is 17.1. The summed E-state index contributed by atoms with van der Waals surface area (Å²) in [5.74, 6) is 1.66. The summed E-state index contributed by atoms with van der Waals surface area (Å²) in [5, 5.41) is 0. The molecule has 0 spiro atoms. The molecule has 0 aromatic carbocycles. The highest BCUT2D eigenvalue weighted by molar-refractivity contribution is 5.84. The summed E-state index contributed by atoms with van der Waals surface area (Å²) in [6.45, 7) is 13.4. The van der Waals surface area contributed by atoms with Crippen molar-refractivity contribution in [1.82, 2.24) is 19.8 Å². The maximum Gasteiger partial charge on any atom is 0.225 e. The van der Waals surface area contributed by atoms with Crippen LogP contribution in [0.4, 0.5) is 5.95 Å². The number of carbonyl (C=O) groups is 1. The van der Waals surface area contributed by atoms with Gasteiger partial charge in [0.05, 0.1) is 0 Å². The first-order chi connectivity index (χ1) is 12.9. The molecule has 0 radical (unpaired) electrons. The van der Waals surface area contributed by atoms with Gasteiger partial charge in [-0.1, -0.05) is 13.8 Å². The minimum Gasteiger partial charge on any atom is -0.332 e. The molecule has 2 atom stereocenters. The highest BCUT2D eigenvalue weighted by Crippen LogP contribution is 2.33. The van der Waals surface area contributed by atoms with E-state index in [1.54, 1.807) is 0 Å². The van der Waals surface area contributed by atoms with Gasteiger partial charge in [0.1, 0.15) is 5.78 Å². The molecule has 3 saturated heterocycles. The van der Waals surface area contributed by atoms with Gasteiger partial charge >= 0.3 is 0 Å². The van der Waals surface area contributed by atoms with Gasteiger partial charge in [0.25, 0.3) is 0 Å². The number of rotatable bonds is 6. The van der Waals surface area contributed by atoms with Gasteiger partial charge in [-0.2, -0.15) is 0 Å².